The minimum Gasteiger partial charge on any atom is -1.00 e. The summed E-state index contributed by atoms with van der Waals surface area (Å²) in [5, 5.41) is 3.99. The Morgan fingerprint density at radius 3 is 2.62 bits per heavy atom. The van der Waals surface area contributed by atoms with Crippen molar-refractivity contribution in [1.82, 2.24) is 5.27 Å². The van der Waals surface area contributed by atoms with E-state index in [9.17, 15) is 0 Å². The minimum absolute atomic E-state index is 0. The number of anilines is 1. The van der Waals surface area contributed by atoms with Crippen molar-refractivity contribution in [3.05, 3.63) is 41.6 Å². The maximum absolute atomic E-state index is 5.83. The molecule has 0 unspecified atom stereocenters. The molecule has 5 heteroatoms. The molecule has 0 spiro atoms. The molecular formula is C16H22ClN3O. The number of benzene rings is 1. The minimum atomic E-state index is 0. The predicted octanol–water partition coefficient (Wildman–Crippen LogP) is 0.299. The molecule has 2 rings (SSSR count). The molecule has 0 aliphatic heterocycles. The first-order valence-corrected chi connectivity index (χ1v) is 7.19. The smallest absolute Gasteiger partial charge is 0.301 e. The van der Waals surface area contributed by atoms with Crippen molar-refractivity contribution in [3.63, 3.8) is 0 Å². The third-order valence-corrected chi connectivity index (χ3v) is 3.22. The highest BCUT2D eigenvalue weighted by Crippen LogP contribution is 2.11. The molecule has 114 valence electrons. The molecule has 0 aliphatic carbocycles. The average molecular weight is 308 g/mol. The van der Waals surface area contributed by atoms with Gasteiger partial charge in [-0.2, -0.15) is 0 Å². The molecule has 0 saturated carbocycles. The van der Waals surface area contributed by atoms with Crippen LogP contribution in [-0.4, -0.2) is 5.27 Å². The summed E-state index contributed by atoms with van der Waals surface area (Å²) in [7, 11) is 0. The van der Waals surface area contributed by atoms with E-state index in [1.807, 2.05) is 47.2 Å². The van der Waals surface area contributed by atoms with Crippen molar-refractivity contribution in [3.8, 4) is 0 Å². The van der Waals surface area contributed by atoms with Crippen LogP contribution in [0.1, 0.15) is 43.9 Å². The summed E-state index contributed by atoms with van der Waals surface area (Å²) in [6.07, 6.45) is 8.76. The molecule has 1 heterocycles. The van der Waals surface area contributed by atoms with Gasteiger partial charge in [-0.3, -0.25) is 4.52 Å². The molecule has 2 aromatic rings. The van der Waals surface area contributed by atoms with Gasteiger partial charge in [0.25, 0.3) is 5.69 Å². The van der Waals surface area contributed by atoms with Gasteiger partial charge >= 0.3 is 5.88 Å². The molecule has 4 nitrogen and oxygen atoms in total. The van der Waals surface area contributed by atoms with Crippen LogP contribution in [0.3, 0.4) is 0 Å². The quantitative estimate of drug-likeness (QED) is 0.591. The summed E-state index contributed by atoms with van der Waals surface area (Å²) >= 11 is 0. The van der Waals surface area contributed by atoms with Gasteiger partial charge in [0.05, 0.1) is 0 Å². The van der Waals surface area contributed by atoms with Crippen LogP contribution in [0.25, 0.3) is 12.2 Å². The highest BCUT2D eigenvalue weighted by atomic mass is 35.5. The molecule has 0 atom stereocenters. The van der Waals surface area contributed by atoms with E-state index in [2.05, 4.69) is 12.2 Å². The lowest BCUT2D eigenvalue weighted by Gasteiger charge is -1.93. The Hall–Kier alpha value is -1.81. The number of nitrogens with two attached hydrogens (primary N) is 1. The van der Waals surface area contributed by atoms with E-state index in [-0.39, 0.29) is 12.4 Å². The summed E-state index contributed by atoms with van der Waals surface area (Å²) in [5.41, 5.74) is 7.80. The molecular weight excluding hydrogens is 286 g/mol. The van der Waals surface area contributed by atoms with Crippen LogP contribution in [0, 0.1) is 0 Å². The van der Waals surface area contributed by atoms with Gasteiger partial charge in [0.2, 0.25) is 5.27 Å². The average Bonchev–Trinajstić information content (AvgIpc) is 2.83. The van der Waals surface area contributed by atoms with Gasteiger partial charge in [0.1, 0.15) is 0 Å². The van der Waals surface area contributed by atoms with E-state index in [1.54, 1.807) is 0 Å². The van der Waals surface area contributed by atoms with Crippen molar-refractivity contribution in [2.45, 2.75) is 39.2 Å². The highest BCUT2D eigenvalue weighted by molar-refractivity contribution is 5.70. The van der Waals surface area contributed by atoms with E-state index in [4.69, 9.17) is 10.3 Å². The molecule has 0 radical (unpaired) electrons. The fourth-order valence-electron chi connectivity index (χ4n) is 2.07. The first kappa shape index (κ1) is 17.2. The number of halogens is 1. The summed E-state index contributed by atoms with van der Waals surface area (Å²) in [6, 6.07) is 10.1. The van der Waals surface area contributed by atoms with Gasteiger partial charge in [-0.25, -0.2) is 0 Å². The maximum atomic E-state index is 5.83. The van der Waals surface area contributed by atoms with Crippen molar-refractivity contribution in [2.24, 2.45) is 0 Å². The largest absolute Gasteiger partial charge is 1.00 e. The molecule has 0 aliphatic rings. The van der Waals surface area contributed by atoms with Crippen molar-refractivity contribution in [1.29, 1.82) is 0 Å². The lowest BCUT2D eigenvalue weighted by molar-refractivity contribution is -0.763. The van der Waals surface area contributed by atoms with Crippen LogP contribution in [-0.2, 0) is 6.54 Å². The van der Waals surface area contributed by atoms with Crippen LogP contribution < -0.4 is 22.8 Å². The molecule has 0 saturated heterocycles. The van der Waals surface area contributed by atoms with Crippen LogP contribution in [0.5, 0.6) is 0 Å². The van der Waals surface area contributed by atoms with Gasteiger partial charge in [0.15, 0.2) is 6.54 Å². The van der Waals surface area contributed by atoms with E-state index in [0.29, 0.717) is 5.88 Å². The Morgan fingerprint density at radius 2 is 1.90 bits per heavy atom. The van der Waals surface area contributed by atoms with Crippen molar-refractivity contribution < 1.29 is 21.6 Å². The van der Waals surface area contributed by atoms with E-state index >= 15 is 0 Å². The second-order valence-corrected chi connectivity index (χ2v) is 4.85. The van der Waals surface area contributed by atoms with Gasteiger partial charge in [-0.05, 0) is 22.7 Å². The summed E-state index contributed by atoms with van der Waals surface area (Å²) < 4.78 is 6.92. The topological polar surface area (TPSA) is 55.9 Å². The normalized spacial score (nSPS) is 10.7. The number of unbranched alkanes of at least 4 members (excludes halogenated alkanes) is 3. The zero-order valence-corrected chi connectivity index (χ0v) is 13.1. The Morgan fingerprint density at radius 1 is 1.14 bits per heavy atom. The predicted molar refractivity (Wildman–Crippen MR) is 80.6 cm³/mol. The Labute approximate surface area is 132 Å². The number of hydrogen-bond acceptors (Lipinski definition) is 3. The first-order chi connectivity index (χ1) is 9.81. The van der Waals surface area contributed by atoms with Crippen LogP contribution in [0.4, 0.5) is 5.88 Å². The van der Waals surface area contributed by atoms with Crippen LogP contribution >= 0.6 is 0 Å². The monoisotopic (exact) mass is 307 g/mol. The van der Waals surface area contributed by atoms with Gasteiger partial charge in [-0.15, -0.1) is 0 Å². The first-order valence-electron chi connectivity index (χ1n) is 7.19. The second kappa shape index (κ2) is 9.19. The SMILES string of the molecule is CCCCCC[n+]1noc(N)c1/C=C/c1ccccc1.[Cl-]. The number of aromatic nitrogens is 2. The Balaban J connectivity index is 0.00000220. The van der Waals surface area contributed by atoms with E-state index < -0.39 is 0 Å². The number of hydrogen-bond donors (Lipinski definition) is 1. The molecule has 2 N–H and O–H groups in total. The Kier molecular flexibility index (Phi) is 7.54. The zero-order valence-electron chi connectivity index (χ0n) is 12.3. The molecule has 1 aromatic carbocycles. The fraction of sp³-hybridized carbons (Fsp3) is 0.375. The van der Waals surface area contributed by atoms with Crippen molar-refractivity contribution in [2.75, 3.05) is 5.73 Å². The number of aryl methyl sites for hydroxylation is 1. The second-order valence-electron chi connectivity index (χ2n) is 4.85. The summed E-state index contributed by atoms with van der Waals surface area (Å²) in [6.45, 7) is 3.05. The number of rotatable bonds is 7. The number of nitrogens with zero attached hydrogens (tertiary/aromatic N) is 2. The molecule has 0 amide bonds. The third kappa shape index (κ3) is 5.23. The van der Waals surface area contributed by atoms with Gasteiger partial charge in [0, 0.05) is 12.5 Å². The lowest BCUT2D eigenvalue weighted by Crippen LogP contribution is -3.00. The van der Waals surface area contributed by atoms with E-state index in [1.165, 1.54) is 19.3 Å². The third-order valence-electron chi connectivity index (χ3n) is 3.22. The summed E-state index contributed by atoms with van der Waals surface area (Å²) in [4.78, 5) is 0. The molecule has 0 bridgehead atoms. The highest BCUT2D eigenvalue weighted by Gasteiger charge is 2.19. The van der Waals surface area contributed by atoms with Gasteiger partial charge in [-0.1, -0.05) is 50.1 Å². The van der Waals surface area contributed by atoms with E-state index in [0.717, 1.165) is 24.2 Å². The summed E-state index contributed by atoms with van der Waals surface area (Å²) in [5.74, 6) is 0.368. The maximum Gasteiger partial charge on any atom is 0.301 e. The molecule has 0 fully saturated rings. The zero-order chi connectivity index (χ0) is 14.2. The van der Waals surface area contributed by atoms with Crippen molar-refractivity contribution >= 4 is 18.0 Å². The lowest BCUT2D eigenvalue weighted by atomic mass is 10.2. The number of nitrogen functional groups attached to an aromatic ring is 1. The Bertz CT molecular complexity index is 552. The fourth-order valence-corrected chi connectivity index (χ4v) is 2.07. The van der Waals surface area contributed by atoms with Crippen LogP contribution in [0.2, 0.25) is 0 Å². The molecule has 21 heavy (non-hydrogen) atoms. The van der Waals surface area contributed by atoms with Gasteiger partial charge < -0.3 is 18.1 Å². The molecule has 1 aromatic heterocycles. The standard InChI is InChI=1S/C16H22N3O.ClH/c1-2-3-4-8-13-19-15(16(17)20-18-19)12-11-14-9-6-5-7-10-14;/h5-7,9-12H,2-4,8,13,17H2,1H3;1H/q+1;/p-1/b12-11+;. The van der Waals surface area contributed by atoms with Crippen LogP contribution in [0.15, 0.2) is 34.9 Å².